The third-order valence-electron chi connectivity index (χ3n) is 3.02. The van der Waals surface area contributed by atoms with Crippen molar-refractivity contribution in [2.75, 3.05) is 0 Å². The third kappa shape index (κ3) is 2.75. The van der Waals surface area contributed by atoms with Crippen molar-refractivity contribution < 1.29 is 4.42 Å². The average Bonchev–Trinajstić information content (AvgIpc) is 2.84. The van der Waals surface area contributed by atoms with Crippen molar-refractivity contribution in [3.63, 3.8) is 0 Å². The molecule has 1 atom stereocenters. The topological polar surface area (TPSA) is 51.2 Å². The van der Waals surface area contributed by atoms with Gasteiger partial charge < -0.3 is 4.42 Å². The molecule has 90 valence electrons. The van der Waals surface area contributed by atoms with E-state index in [-0.39, 0.29) is 6.04 Å². The zero-order chi connectivity index (χ0) is 12.3. The lowest BCUT2D eigenvalue weighted by atomic mass is 9.98. The van der Waals surface area contributed by atoms with Gasteiger partial charge in [0.2, 0.25) is 0 Å². The largest absolute Gasteiger partial charge is 0.468 e. The summed E-state index contributed by atoms with van der Waals surface area (Å²) in [6.07, 6.45) is 2.50. The van der Waals surface area contributed by atoms with Gasteiger partial charge >= 0.3 is 0 Å². The molecule has 3 heteroatoms. The molecule has 0 aliphatic rings. The van der Waals surface area contributed by atoms with E-state index >= 15 is 0 Å². The molecule has 1 aromatic carbocycles. The highest BCUT2D eigenvalue weighted by molar-refractivity contribution is 5.31. The van der Waals surface area contributed by atoms with Gasteiger partial charge in [-0.1, -0.05) is 23.8 Å². The molecule has 0 saturated carbocycles. The number of furan rings is 1. The predicted octanol–water partition coefficient (Wildman–Crippen LogP) is 2.64. The molecule has 17 heavy (non-hydrogen) atoms. The maximum atomic E-state index is 5.59. The molecule has 0 aliphatic carbocycles. The minimum atomic E-state index is 0.0190. The summed E-state index contributed by atoms with van der Waals surface area (Å²) in [4.78, 5) is 0. The number of nitrogens with two attached hydrogens (primary N) is 1. The number of nitrogens with one attached hydrogen (secondary N) is 1. The molecule has 1 aromatic heterocycles. The van der Waals surface area contributed by atoms with Gasteiger partial charge in [0.1, 0.15) is 5.76 Å². The Morgan fingerprint density at radius 3 is 2.76 bits per heavy atom. The van der Waals surface area contributed by atoms with Gasteiger partial charge in [0, 0.05) is 0 Å². The Balaban J connectivity index is 2.21. The fourth-order valence-corrected chi connectivity index (χ4v) is 1.97. The second kappa shape index (κ2) is 5.17. The van der Waals surface area contributed by atoms with E-state index < -0.39 is 0 Å². The Morgan fingerprint density at radius 1 is 1.29 bits per heavy atom. The van der Waals surface area contributed by atoms with Crippen LogP contribution in [0.3, 0.4) is 0 Å². The molecule has 2 rings (SSSR count). The zero-order valence-corrected chi connectivity index (χ0v) is 10.2. The van der Waals surface area contributed by atoms with Crippen molar-refractivity contribution >= 4 is 0 Å². The lowest BCUT2D eigenvalue weighted by Gasteiger charge is -2.15. The lowest BCUT2D eigenvalue weighted by Crippen LogP contribution is -2.29. The summed E-state index contributed by atoms with van der Waals surface area (Å²) in [6.45, 7) is 4.21. The summed E-state index contributed by atoms with van der Waals surface area (Å²) in [6, 6.07) is 10.3. The second-order valence-corrected chi connectivity index (χ2v) is 4.37. The molecule has 0 bridgehead atoms. The fraction of sp³-hybridized carbons (Fsp3) is 0.286. The van der Waals surface area contributed by atoms with E-state index in [2.05, 4.69) is 37.5 Å². The van der Waals surface area contributed by atoms with E-state index in [4.69, 9.17) is 10.3 Å². The van der Waals surface area contributed by atoms with Gasteiger partial charge in [0.05, 0.1) is 12.3 Å². The van der Waals surface area contributed by atoms with Crippen molar-refractivity contribution in [1.29, 1.82) is 0 Å². The van der Waals surface area contributed by atoms with Crippen LogP contribution in [0, 0.1) is 13.8 Å². The molecule has 0 aliphatic heterocycles. The van der Waals surface area contributed by atoms with Crippen molar-refractivity contribution in [1.82, 2.24) is 5.43 Å². The van der Waals surface area contributed by atoms with E-state index in [9.17, 15) is 0 Å². The Morgan fingerprint density at radius 2 is 2.12 bits per heavy atom. The number of hydrogen-bond acceptors (Lipinski definition) is 3. The van der Waals surface area contributed by atoms with E-state index in [0.29, 0.717) is 0 Å². The number of hydrogen-bond donors (Lipinski definition) is 2. The van der Waals surface area contributed by atoms with Gasteiger partial charge in [0.15, 0.2) is 0 Å². The first-order chi connectivity index (χ1) is 8.20. The Kier molecular flexibility index (Phi) is 3.61. The van der Waals surface area contributed by atoms with Gasteiger partial charge in [-0.25, -0.2) is 5.43 Å². The summed E-state index contributed by atoms with van der Waals surface area (Å²) in [5.74, 6) is 6.46. The molecule has 0 radical (unpaired) electrons. The predicted molar refractivity (Wildman–Crippen MR) is 68.4 cm³/mol. The highest BCUT2D eigenvalue weighted by Crippen LogP contribution is 2.21. The molecule has 1 unspecified atom stereocenters. The van der Waals surface area contributed by atoms with Crippen molar-refractivity contribution in [3.05, 3.63) is 59.0 Å². The molecule has 0 amide bonds. The normalized spacial score (nSPS) is 12.6. The molecule has 0 saturated heterocycles. The maximum absolute atomic E-state index is 5.59. The number of hydrazine groups is 1. The Hall–Kier alpha value is -1.58. The monoisotopic (exact) mass is 230 g/mol. The lowest BCUT2D eigenvalue weighted by molar-refractivity contribution is 0.415. The molecule has 0 fully saturated rings. The van der Waals surface area contributed by atoms with Crippen LogP contribution < -0.4 is 11.3 Å². The van der Waals surface area contributed by atoms with E-state index in [0.717, 1.165) is 12.2 Å². The van der Waals surface area contributed by atoms with Crippen LogP contribution >= 0.6 is 0 Å². The first-order valence-electron chi connectivity index (χ1n) is 5.76. The minimum Gasteiger partial charge on any atom is -0.468 e. The number of rotatable bonds is 4. The highest BCUT2D eigenvalue weighted by Gasteiger charge is 2.14. The van der Waals surface area contributed by atoms with Gasteiger partial charge in [0.25, 0.3) is 0 Å². The van der Waals surface area contributed by atoms with Crippen LogP contribution in [0.15, 0.2) is 41.0 Å². The summed E-state index contributed by atoms with van der Waals surface area (Å²) in [7, 11) is 0. The molecular formula is C14H18N2O. The minimum absolute atomic E-state index is 0.0190. The number of aryl methyl sites for hydroxylation is 2. The van der Waals surface area contributed by atoms with Crippen LogP contribution in [0.2, 0.25) is 0 Å². The van der Waals surface area contributed by atoms with Crippen LogP contribution in [0.5, 0.6) is 0 Å². The second-order valence-electron chi connectivity index (χ2n) is 4.37. The van der Waals surface area contributed by atoms with E-state index in [1.807, 2.05) is 12.1 Å². The number of benzene rings is 1. The summed E-state index contributed by atoms with van der Waals surface area (Å²) < 4.78 is 5.39. The SMILES string of the molecule is Cc1ccc(C)c(CC(NN)c2ccco2)c1. The van der Waals surface area contributed by atoms with Gasteiger partial charge in [-0.15, -0.1) is 0 Å². The molecular weight excluding hydrogens is 212 g/mol. The molecule has 0 spiro atoms. The van der Waals surface area contributed by atoms with Crippen LogP contribution in [-0.2, 0) is 6.42 Å². The van der Waals surface area contributed by atoms with Crippen LogP contribution in [0.1, 0.15) is 28.5 Å². The van der Waals surface area contributed by atoms with Crippen LogP contribution in [0.4, 0.5) is 0 Å². The smallest absolute Gasteiger partial charge is 0.122 e. The Bertz CT molecular complexity index is 477. The molecule has 3 N–H and O–H groups in total. The first-order valence-corrected chi connectivity index (χ1v) is 5.76. The zero-order valence-electron chi connectivity index (χ0n) is 10.2. The van der Waals surface area contributed by atoms with Crippen molar-refractivity contribution in [2.45, 2.75) is 26.3 Å². The maximum Gasteiger partial charge on any atom is 0.122 e. The van der Waals surface area contributed by atoms with Gasteiger partial charge in [-0.2, -0.15) is 0 Å². The molecule has 2 aromatic rings. The van der Waals surface area contributed by atoms with E-state index in [1.165, 1.54) is 16.7 Å². The highest BCUT2D eigenvalue weighted by atomic mass is 16.3. The Labute approximate surface area is 102 Å². The summed E-state index contributed by atoms with van der Waals surface area (Å²) in [5.41, 5.74) is 6.65. The summed E-state index contributed by atoms with van der Waals surface area (Å²) >= 11 is 0. The van der Waals surface area contributed by atoms with Crippen molar-refractivity contribution in [2.24, 2.45) is 5.84 Å². The van der Waals surface area contributed by atoms with Gasteiger partial charge in [-0.05, 0) is 43.5 Å². The van der Waals surface area contributed by atoms with E-state index in [1.54, 1.807) is 6.26 Å². The van der Waals surface area contributed by atoms with Crippen LogP contribution in [0.25, 0.3) is 0 Å². The summed E-state index contributed by atoms with van der Waals surface area (Å²) in [5, 5.41) is 0. The quantitative estimate of drug-likeness (QED) is 0.627. The standard InChI is InChI=1S/C14H18N2O/c1-10-5-6-11(2)12(8-10)9-13(16-15)14-4-3-7-17-14/h3-8,13,16H,9,15H2,1-2H3. The van der Waals surface area contributed by atoms with Crippen molar-refractivity contribution in [3.8, 4) is 0 Å². The molecule has 1 heterocycles. The fourth-order valence-electron chi connectivity index (χ4n) is 1.97. The average molecular weight is 230 g/mol. The first kappa shape index (κ1) is 11.9. The molecule has 3 nitrogen and oxygen atoms in total. The van der Waals surface area contributed by atoms with Crippen LogP contribution in [-0.4, -0.2) is 0 Å². The third-order valence-corrected chi connectivity index (χ3v) is 3.02. The van der Waals surface area contributed by atoms with Gasteiger partial charge in [-0.3, -0.25) is 5.84 Å².